The van der Waals surface area contributed by atoms with E-state index in [1.165, 1.54) is 11.3 Å². The number of rotatable bonds is 4. The minimum Gasteiger partial charge on any atom is -0.481 e. The fourth-order valence-corrected chi connectivity index (χ4v) is 1.90. The Hall–Kier alpha value is -1.88. The minimum atomic E-state index is -0.559. The number of hydrogen-bond donors (Lipinski definition) is 1. The minimum absolute atomic E-state index is 0.203. The van der Waals surface area contributed by atoms with Gasteiger partial charge in [0.25, 0.3) is 5.91 Å². The zero-order chi connectivity index (χ0) is 13.0. The van der Waals surface area contributed by atoms with Gasteiger partial charge < -0.3 is 4.74 Å². The molecule has 0 aliphatic rings. The van der Waals surface area contributed by atoms with Gasteiger partial charge in [-0.1, -0.05) is 17.7 Å². The molecule has 5 heteroatoms. The van der Waals surface area contributed by atoms with Crippen molar-refractivity contribution in [1.82, 2.24) is 4.98 Å². The second-order valence-electron chi connectivity index (χ2n) is 3.90. The van der Waals surface area contributed by atoms with Crippen molar-refractivity contribution in [3.8, 4) is 5.75 Å². The summed E-state index contributed by atoms with van der Waals surface area (Å²) in [7, 11) is 0. The molecule has 94 valence electrons. The first-order chi connectivity index (χ1) is 8.65. The number of amides is 1. The molecule has 0 unspecified atom stereocenters. The van der Waals surface area contributed by atoms with Gasteiger partial charge in [0.15, 0.2) is 11.2 Å². The Bertz CT molecular complexity index is 508. The summed E-state index contributed by atoms with van der Waals surface area (Å²) >= 11 is 1.38. The lowest BCUT2D eigenvalue weighted by molar-refractivity contribution is -0.122. The molecule has 0 aliphatic carbocycles. The average Bonchev–Trinajstić information content (AvgIpc) is 2.85. The lowest BCUT2D eigenvalue weighted by Gasteiger charge is -2.13. The fourth-order valence-electron chi connectivity index (χ4n) is 1.37. The van der Waals surface area contributed by atoms with Crippen LogP contribution in [0.5, 0.6) is 5.75 Å². The van der Waals surface area contributed by atoms with Gasteiger partial charge in [0.05, 0.1) is 0 Å². The van der Waals surface area contributed by atoms with Crippen LogP contribution in [0, 0.1) is 6.92 Å². The molecule has 0 bridgehead atoms. The van der Waals surface area contributed by atoms with Crippen molar-refractivity contribution in [2.24, 2.45) is 0 Å². The number of thiazole rings is 1. The molecule has 18 heavy (non-hydrogen) atoms. The molecular formula is C13H14N2O2S. The summed E-state index contributed by atoms with van der Waals surface area (Å²) in [6, 6.07) is 7.59. The number of carbonyl (C=O) groups excluding carboxylic acids is 1. The highest BCUT2D eigenvalue weighted by Crippen LogP contribution is 2.15. The van der Waals surface area contributed by atoms with E-state index in [9.17, 15) is 4.79 Å². The third kappa shape index (κ3) is 3.30. The molecular weight excluding hydrogens is 248 g/mol. The van der Waals surface area contributed by atoms with Crippen molar-refractivity contribution in [3.05, 3.63) is 41.4 Å². The second-order valence-corrected chi connectivity index (χ2v) is 4.79. The highest BCUT2D eigenvalue weighted by atomic mass is 32.1. The van der Waals surface area contributed by atoms with E-state index in [4.69, 9.17) is 4.74 Å². The molecule has 0 saturated carbocycles. The number of hydrogen-bond acceptors (Lipinski definition) is 4. The van der Waals surface area contributed by atoms with E-state index < -0.39 is 6.10 Å². The van der Waals surface area contributed by atoms with Gasteiger partial charge in [-0.25, -0.2) is 4.98 Å². The van der Waals surface area contributed by atoms with E-state index in [2.05, 4.69) is 10.3 Å². The topological polar surface area (TPSA) is 51.2 Å². The largest absolute Gasteiger partial charge is 0.481 e. The summed E-state index contributed by atoms with van der Waals surface area (Å²) in [4.78, 5) is 15.8. The van der Waals surface area contributed by atoms with Crippen LogP contribution in [0.15, 0.2) is 35.8 Å². The van der Waals surface area contributed by atoms with Crippen LogP contribution in [0.4, 0.5) is 5.13 Å². The number of carbonyl (C=O) groups is 1. The van der Waals surface area contributed by atoms with E-state index in [-0.39, 0.29) is 5.91 Å². The normalized spacial score (nSPS) is 11.9. The highest BCUT2D eigenvalue weighted by molar-refractivity contribution is 7.13. The van der Waals surface area contributed by atoms with Crippen molar-refractivity contribution < 1.29 is 9.53 Å². The van der Waals surface area contributed by atoms with Gasteiger partial charge in [0.1, 0.15) is 5.75 Å². The van der Waals surface area contributed by atoms with Crippen molar-refractivity contribution in [2.45, 2.75) is 20.0 Å². The summed E-state index contributed by atoms with van der Waals surface area (Å²) < 4.78 is 5.54. The number of anilines is 1. The molecule has 1 aromatic heterocycles. The van der Waals surface area contributed by atoms with Gasteiger partial charge in [0.2, 0.25) is 0 Å². The van der Waals surface area contributed by atoms with Crippen LogP contribution >= 0.6 is 11.3 Å². The molecule has 1 amide bonds. The van der Waals surface area contributed by atoms with Crippen LogP contribution in [0.3, 0.4) is 0 Å². The maximum absolute atomic E-state index is 11.8. The zero-order valence-corrected chi connectivity index (χ0v) is 11.0. The van der Waals surface area contributed by atoms with E-state index in [1.54, 1.807) is 18.5 Å². The first-order valence-electron chi connectivity index (χ1n) is 5.59. The first-order valence-corrected chi connectivity index (χ1v) is 6.47. The molecule has 2 aromatic rings. The lowest BCUT2D eigenvalue weighted by atomic mass is 10.2. The third-order valence-electron chi connectivity index (χ3n) is 2.37. The average molecular weight is 262 g/mol. The Labute approximate surface area is 110 Å². The van der Waals surface area contributed by atoms with Crippen molar-refractivity contribution in [2.75, 3.05) is 5.32 Å². The van der Waals surface area contributed by atoms with E-state index in [0.717, 1.165) is 5.56 Å². The number of nitrogens with zero attached hydrogens (tertiary/aromatic N) is 1. The smallest absolute Gasteiger partial charge is 0.266 e. The van der Waals surface area contributed by atoms with Gasteiger partial charge in [-0.3, -0.25) is 10.1 Å². The molecule has 1 aromatic carbocycles. The molecule has 0 spiro atoms. The predicted octanol–water partition coefficient (Wildman–Crippen LogP) is 2.86. The summed E-state index contributed by atoms with van der Waals surface area (Å²) in [6.07, 6.45) is 1.09. The molecule has 0 saturated heterocycles. The van der Waals surface area contributed by atoms with Crippen LogP contribution in [0.2, 0.25) is 0 Å². The molecule has 4 nitrogen and oxygen atoms in total. The lowest BCUT2D eigenvalue weighted by Crippen LogP contribution is -2.30. The number of aromatic nitrogens is 1. The van der Waals surface area contributed by atoms with Crippen LogP contribution in [0.1, 0.15) is 12.5 Å². The molecule has 1 atom stereocenters. The molecule has 2 rings (SSSR count). The first kappa shape index (κ1) is 12.6. The standard InChI is InChI=1S/C13H14N2O2S/c1-9-3-5-11(6-4-9)17-10(2)12(16)15-13-14-7-8-18-13/h3-8,10H,1-2H3,(H,14,15,16)/t10-/m1/s1. The second kappa shape index (κ2) is 5.64. The van der Waals surface area contributed by atoms with Gasteiger partial charge >= 0.3 is 0 Å². The predicted molar refractivity (Wildman–Crippen MR) is 72.0 cm³/mol. The van der Waals surface area contributed by atoms with Crippen molar-refractivity contribution in [1.29, 1.82) is 0 Å². The summed E-state index contributed by atoms with van der Waals surface area (Å²) in [5.74, 6) is 0.480. The maximum atomic E-state index is 11.8. The quantitative estimate of drug-likeness (QED) is 0.921. The fraction of sp³-hybridized carbons (Fsp3) is 0.231. The van der Waals surface area contributed by atoms with Crippen LogP contribution in [0.25, 0.3) is 0 Å². The van der Waals surface area contributed by atoms with Gasteiger partial charge in [-0.2, -0.15) is 0 Å². The van der Waals surface area contributed by atoms with E-state index in [1.807, 2.05) is 31.2 Å². The summed E-state index contributed by atoms with van der Waals surface area (Å²) in [5.41, 5.74) is 1.15. The third-order valence-corrected chi connectivity index (χ3v) is 3.05. The molecule has 1 heterocycles. The van der Waals surface area contributed by atoms with Crippen LogP contribution in [-0.4, -0.2) is 17.0 Å². The molecule has 0 radical (unpaired) electrons. The Morgan fingerprint density at radius 1 is 1.39 bits per heavy atom. The Balaban J connectivity index is 1.93. The molecule has 0 fully saturated rings. The van der Waals surface area contributed by atoms with Gasteiger partial charge in [-0.05, 0) is 26.0 Å². The van der Waals surface area contributed by atoms with Crippen LogP contribution < -0.4 is 10.1 Å². The van der Waals surface area contributed by atoms with Crippen molar-refractivity contribution in [3.63, 3.8) is 0 Å². The zero-order valence-electron chi connectivity index (χ0n) is 10.2. The Kier molecular flexibility index (Phi) is 3.94. The number of benzene rings is 1. The van der Waals surface area contributed by atoms with Crippen molar-refractivity contribution >= 4 is 22.4 Å². The maximum Gasteiger partial charge on any atom is 0.266 e. The molecule has 0 aliphatic heterocycles. The van der Waals surface area contributed by atoms with E-state index >= 15 is 0 Å². The van der Waals surface area contributed by atoms with Gasteiger partial charge in [0, 0.05) is 11.6 Å². The van der Waals surface area contributed by atoms with Gasteiger partial charge in [-0.15, -0.1) is 11.3 Å². The number of ether oxygens (including phenoxy) is 1. The SMILES string of the molecule is Cc1ccc(O[C@H](C)C(=O)Nc2nccs2)cc1. The summed E-state index contributed by atoms with van der Waals surface area (Å²) in [5, 5.41) is 5.09. The number of nitrogens with one attached hydrogen (secondary N) is 1. The highest BCUT2D eigenvalue weighted by Gasteiger charge is 2.15. The van der Waals surface area contributed by atoms with E-state index in [0.29, 0.717) is 10.9 Å². The Morgan fingerprint density at radius 3 is 2.72 bits per heavy atom. The number of aryl methyl sites for hydroxylation is 1. The van der Waals surface area contributed by atoms with Crippen LogP contribution in [-0.2, 0) is 4.79 Å². The monoisotopic (exact) mass is 262 g/mol. The molecule has 1 N–H and O–H groups in total. The summed E-state index contributed by atoms with van der Waals surface area (Å²) in [6.45, 7) is 3.71. The Morgan fingerprint density at radius 2 is 2.11 bits per heavy atom.